The smallest absolute Gasteiger partial charge is 0.410 e. The van der Waals surface area contributed by atoms with Gasteiger partial charge >= 0.3 is 12.1 Å². The number of piperidine rings is 1. The van der Waals surface area contributed by atoms with Crippen molar-refractivity contribution in [3.63, 3.8) is 0 Å². The number of amides is 3. The maximum Gasteiger partial charge on any atom is 0.410 e. The van der Waals surface area contributed by atoms with Gasteiger partial charge in [0.2, 0.25) is 11.8 Å². The van der Waals surface area contributed by atoms with E-state index in [2.05, 4.69) is 10.3 Å². The minimum atomic E-state index is -1.12. The molecular formula is C25H36N6O6. The number of nitrogens with two attached hydrogens (primary N) is 2. The van der Waals surface area contributed by atoms with Crippen molar-refractivity contribution < 1.29 is 29.0 Å². The van der Waals surface area contributed by atoms with Gasteiger partial charge in [0.05, 0.1) is 0 Å². The van der Waals surface area contributed by atoms with E-state index in [1.54, 1.807) is 4.90 Å². The van der Waals surface area contributed by atoms with Crippen LogP contribution in [0.4, 0.5) is 4.79 Å². The Bertz CT molecular complexity index is 975. The van der Waals surface area contributed by atoms with E-state index in [0.29, 0.717) is 45.3 Å². The fourth-order valence-electron chi connectivity index (χ4n) is 4.67. The van der Waals surface area contributed by atoms with Crippen molar-refractivity contribution in [2.75, 3.05) is 26.2 Å². The van der Waals surface area contributed by atoms with Crippen LogP contribution in [-0.2, 0) is 25.7 Å². The molecule has 0 aliphatic carbocycles. The summed E-state index contributed by atoms with van der Waals surface area (Å²) >= 11 is 0. The van der Waals surface area contributed by atoms with Crippen LogP contribution in [0.1, 0.15) is 44.1 Å². The monoisotopic (exact) mass is 516 g/mol. The van der Waals surface area contributed by atoms with E-state index in [1.165, 1.54) is 4.90 Å². The van der Waals surface area contributed by atoms with Crippen molar-refractivity contribution >= 4 is 29.8 Å². The first-order valence-electron chi connectivity index (χ1n) is 12.6. The summed E-state index contributed by atoms with van der Waals surface area (Å²) in [5, 5.41) is 12.0. The summed E-state index contributed by atoms with van der Waals surface area (Å²) in [6, 6.07) is 7.75. The zero-order valence-corrected chi connectivity index (χ0v) is 20.9. The molecule has 2 aliphatic rings. The van der Waals surface area contributed by atoms with Crippen LogP contribution in [0.2, 0.25) is 0 Å². The van der Waals surface area contributed by atoms with Crippen LogP contribution >= 0.6 is 0 Å². The largest absolute Gasteiger partial charge is 0.480 e. The van der Waals surface area contributed by atoms with Crippen LogP contribution in [-0.4, -0.2) is 83.0 Å². The number of carbonyl (C=O) groups excluding carboxylic acids is 3. The van der Waals surface area contributed by atoms with Gasteiger partial charge in [-0.15, -0.1) is 0 Å². The van der Waals surface area contributed by atoms with Gasteiger partial charge in [-0.3, -0.25) is 19.5 Å². The first-order valence-corrected chi connectivity index (χ1v) is 12.6. The maximum absolute atomic E-state index is 13.2. The lowest BCUT2D eigenvalue weighted by Crippen LogP contribution is -2.52. The SMILES string of the molecule is NC(N)=NCCC[C@@H](NC(=O)C1CCN(C(=O)[C@@H]2CCCN2C(=O)OCc2ccccc2)CC1)C(=O)O. The highest BCUT2D eigenvalue weighted by molar-refractivity contribution is 5.87. The highest BCUT2D eigenvalue weighted by atomic mass is 16.6. The number of rotatable bonds is 10. The molecular weight excluding hydrogens is 480 g/mol. The fraction of sp³-hybridized carbons (Fsp3) is 0.560. The second kappa shape index (κ2) is 13.5. The Morgan fingerprint density at radius 2 is 1.78 bits per heavy atom. The average molecular weight is 517 g/mol. The van der Waals surface area contributed by atoms with Crippen LogP contribution < -0.4 is 16.8 Å². The van der Waals surface area contributed by atoms with E-state index < -0.39 is 24.1 Å². The first kappa shape index (κ1) is 27.8. The predicted molar refractivity (Wildman–Crippen MR) is 135 cm³/mol. The lowest BCUT2D eigenvalue weighted by atomic mass is 9.94. The third-order valence-electron chi connectivity index (χ3n) is 6.71. The molecule has 1 aromatic carbocycles. The second-order valence-electron chi connectivity index (χ2n) is 9.34. The highest BCUT2D eigenvalue weighted by Crippen LogP contribution is 2.24. The number of aliphatic carboxylic acids is 1. The number of guanidine groups is 1. The number of carboxylic acid groups (broad SMARTS) is 1. The number of nitrogens with zero attached hydrogens (tertiary/aromatic N) is 3. The average Bonchev–Trinajstić information content (AvgIpc) is 3.39. The Morgan fingerprint density at radius 1 is 1.08 bits per heavy atom. The van der Waals surface area contributed by atoms with Crippen molar-refractivity contribution in [1.82, 2.24) is 15.1 Å². The second-order valence-corrected chi connectivity index (χ2v) is 9.34. The number of benzene rings is 1. The number of carbonyl (C=O) groups is 4. The number of ether oxygens (including phenoxy) is 1. The highest BCUT2D eigenvalue weighted by Gasteiger charge is 2.39. The maximum atomic E-state index is 13.2. The van der Waals surface area contributed by atoms with Crippen molar-refractivity contribution in [2.45, 2.75) is 57.2 Å². The van der Waals surface area contributed by atoms with Crippen LogP contribution in [0.25, 0.3) is 0 Å². The molecule has 6 N–H and O–H groups in total. The third kappa shape index (κ3) is 8.09. The Hall–Kier alpha value is -3.83. The predicted octanol–water partition coefficient (Wildman–Crippen LogP) is 0.649. The summed E-state index contributed by atoms with van der Waals surface area (Å²) in [5.41, 5.74) is 11.4. The summed E-state index contributed by atoms with van der Waals surface area (Å²) in [6.07, 6.45) is 2.23. The van der Waals surface area contributed by atoms with Crippen molar-refractivity contribution in [2.24, 2.45) is 22.4 Å². The molecule has 2 aliphatic heterocycles. The lowest BCUT2D eigenvalue weighted by molar-refractivity contribution is -0.143. The molecule has 12 heteroatoms. The zero-order chi connectivity index (χ0) is 26.8. The van der Waals surface area contributed by atoms with Gasteiger partial charge in [-0.2, -0.15) is 0 Å². The van der Waals surface area contributed by atoms with Gasteiger partial charge in [-0.05, 0) is 44.1 Å². The van der Waals surface area contributed by atoms with Gasteiger partial charge in [-0.25, -0.2) is 9.59 Å². The third-order valence-corrected chi connectivity index (χ3v) is 6.71. The van der Waals surface area contributed by atoms with E-state index in [9.17, 15) is 24.3 Å². The number of likely N-dealkylation sites (tertiary alicyclic amines) is 2. The fourth-order valence-corrected chi connectivity index (χ4v) is 4.67. The van der Waals surface area contributed by atoms with Crippen molar-refractivity contribution in [3.05, 3.63) is 35.9 Å². The van der Waals surface area contributed by atoms with Crippen molar-refractivity contribution in [3.8, 4) is 0 Å². The van der Waals surface area contributed by atoms with Gasteiger partial charge < -0.3 is 31.5 Å². The molecule has 2 heterocycles. The van der Waals surface area contributed by atoms with E-state index in [0.717, 1.165) is 12.0 Å². The zero-order valence-electron chi connectivity index (χ0n) is 20.9. The molecule has 3 rings (SSSR count). The summed E-state index contributed by atoms with van der Waals surface area (Å²) in [4.78, 5) is 57.1. The molecule has 0 aromatic heterocycles. The van der Waals surface area contributed by atoms with Crippen LogP contribution in [0.5, 0.6) is 0 Å². The molecule has 0 spiro atoms. The number of aliphatic imine (C=N–C) groups is 1. The minimum Gasteiger partial charge on any atom is -0.480 e. The van der Waals surface area contributed by atoms with Gasteiger partial charge in [-0.1, -0.05) is 30.3 Å². The standard InChI is InChI=1S/C25H36N6O6/c26-24(27)28-12-4-8-19(23(34)35)29-21(32)18-10-14-30(15-11-18)22(33)20-9-5-13-31(20)25(36)37-16-17-6-2-1-3-7-17/h1-3,6-7,18-20H,4-5,8-16H2,(H,29,32)(H,34,35)(H4,26,27,28)/t19-,20+/m1/s1. The van der Waals surface area contributed by atoms with E-state index in [1.807, 2.05) is 30.3 Å². The Balaban J connectivity index is 1.46. The van der Waals surface area contributed by atoms with E-state index in [-0.39, 0.29) is 43.3 Å². The minimum absolute atomic E-state index is 0.0676. The van der Waals surface area contributed by atoms with E-state index in [4.69, 9.17) is 16.2 Å². The van der Waals surface area contributed by atoms with Crippen LogP contribution in [0.15, 0.2) is 35.3 Å². The molecule has 3 amide bonds. The summed E-state index contributed by atoms with van der Waals surface area (Å²) < 4.78 is 5.43. The molecule has 0 unspecified atom stereocenters. The number of hydrogen-bond donors (Lipinski definition) is 4. The molecule has 2 atom stereocenters. The first-order chi connectivity index (χ1) is 17.8. The van der Waals surface area contributed by atoms with Crippen LogP contribution in [0, 0.1) is 5.92 Å². The molecule has 1 aromatic rings. The van der Waals surface area contributed by atoms with Gasteiger partial charge in [0.15, 0.2) is 5.96 Å². The normalized spacial score (nSPS) is 18.6. The number of carboxylic acids is 1. The van der Waals surface area contributed by atoms with E-state index >= 15 is 0 Å². The topological polar surface area (TPSA) is 181 Å². The lowest BCUT2D eigenvalue weighted by Gasteiger charge is -2.35. The number of hydrogen-bond acceptors (Lipinski definition) is 6. The Kier molecular flexibility index (Phi) is 10.1. The molecule has 2 fully saturated rings. The summed E-state index contributed by atoms with van der Waals surface area (Å²) in [7, 11) is 0. The molecule has 0 bridgehead atoms. The summed E-state index contributed by atoms with van der Waals surface area (Å²) in [6.45, 7) is 1.61. The van der Waals surface area contributed by atoms with Gasteiger partial charge in [0.1, 0.15) is 18.7 Å². The molecule has 12 nitrogen and oxygen atoms in total. The Labute approximate surface area is 216 Å². The molecule has 2 saturated heterocycles. The van der Waals surface area contributed by atoms with Gasteiger partial charge in [0, 0.05) is 32.1 Å². The molecule has 37 heavy (non-hydrogen) atoms. The molecule has 0 radical (unpaired) electrons. The van der Waals surface area contributed by atoms with Crippen LogP contribution in [0.3, 0.4) is 0 Å². The van der Waals surface area contributed by atoms with Crippen molar-refractivity contribution in [1.29, 1.82) is 0 Å². The quantitative estimate of drug-likeness (QED) is 0.199. The summed E-state index contributed by atoms with van der Waals surface area (Å²) in [5.74, 6) is -2.06. The molecule has 0 saturated carbocycles. The number of nitrogens with one attached hydrogen (secondary N) is 1. The van der Waals surface area contributed by atoms with Gasteiger partial charge in [0.25, 0.3) is 0 Å². The Morgan fingerprint density at radius 3 is 2.43 bits per heavy atom. The molecule has 202 valence electrons.